The second-order valence-electron chi connectivity index (χ2n) is 10.1. The average molecular weight is 564 g/mol. The average Bonchev–Trinajstić information content (AvgIpc) is 3.37. The highest BCUT2D eigenvalue weighted by molar-refractivity contribution is 14.0. The van der Waals surface area contributed by atoms with Crippen LogP contribution in [0.25, 0.3) is 0 Å². The molecule has 32 heavy (non-hydrogen) atoms. The van der Waals surface area contributed by atoms with E-state index in [1.165, 1.54) is 12.8 Å². The quantitative estimate of drug-likeness (QED) is 0.305. The third-order valence-electron chi connectivity index (χ3n) is 6.14. The monoisotopic (exact) mass is 563 g/mol. The van der Waals surface area contributed by atoms with Crippen LogP contribution in [0, 0.1) is 5.92 Å². The zero-order valence-electron chi connectivity index (χ0n) is 20.3. The zero-order valence-corrected chi connectivity index (χ0v) is 22.6. The molecule has 0 radical (unpaired) electrons. The maximum atomic E-state index is 12.9. The minimum atomic E-state index is -0.480. The van der Waals surface area contributed by atoms with Crippen molar-refractivity contribution in [3.8, 4) is 0 Å². The first-order valence-electron chi connectivity index (χ1n) is 12.1. The van der Waals surface area contributed by atoms with Crippen LogP contribution in [0.15, 0.2) is 4.99 Å². The number of piperidine rings is 1. The summed E-state index contributed by atoms with van der Waals surface area (Å²) in [6.07, 6.45) is 6.19. The van der Waals surface area contributed by atoms with Crippen LogP contribution < -0.4 is 5.32 Å². The molecular formula is C23H42IN5O3. The summed E-state index contributed by atoms with van der Waals surface area (Å²) >= 11 is 0. The number of carbonyl (C=O) groups is 2. The Morgan fingerprint density at radius 2 is 1.66 bits per heavy atom. The standard InChI is InChI=1S/C23H41N5O3.HI/c1-5-24-21(25-16-20(29)26-12-6-7-13-26)27-14-10-19(11-15-27)28(17-18-8-9-18)22(30)31-23(2,3)4;/h18-19H,5-17H2,1-4H3,(H,24,25);1H. The van der Waals surface area contributed by atoms with Crippen LogP contribution in [0.5, 0.6) is 0 Å². The molecule has 3 aliphatic rings. The molecule has 0 spiro atoms. The fourth-order valence-electron chi connectivity index (χ4n) is 4.30. The van der Waals surface area contributed by atoms with E-state index in [2.05, 4.69) is 15.2 Å². The van der Waals surface area contributed by atoms with E-state index in [1.807, 2.05) is 37.5 Å². The van der Waals surface area contributed by atoms with Crippen LogP contribution in [0.2, 0.25) is 0 Å². The third kappa shape index (κ3) is 8.26. The topological polar surface area (TPSA) is 77.5 Å². The summed E-state index contributed by atoms with van der Waals surface area (Å²) in [6.45, 7) is 12.9. The van der Waals surface area contributed by atoms with Gasteiger partial charge in [-0.15, -0.1) is 24.0 Å². The van der Waals surface area contributed by atoms with E-state index < -0.39 is 5.60 Å². The molecule has 2 heterocycles. The molecule has 1 aliphatic carbocycles. The van der Waals surface area contributed by atoms with E-state index in [0.717, 1.165) is 70.9 Å². The number of amides is 2. The fraction of sp³-hybridized carbons (Fsp3) is 0.870. The predicted octanol–water partition coefficient (Wildman–Crippen LogP) is 3.30. The predicted molar refractivity (Wildman–Crippen MR) is 137 cm³/mol. The van der Waals surface area contributed by atoms with Crippen molar-refractivity contribution in [2.75, 3.05) is 45.8 Å². The van der Waals surface area contributed by atoms with Gasteiger partial charge in [0.15, 0.2) is 5.96 Å². The van der Waals surface area contributed by atoms with Gasteiger partial charge >= 0.3 is 6.09 Å². The molecule has 3 fully saturated rings. The molecule has 0 aromatic heterocycles. The molecule has 1 N–H and O–H groups in total. The maximum absolute atomic E-state index is 12.9. The number of likely N-dealkylation sites (tertiary alicyclic amines) is 2. The number of ether oxygens (including phenoxy) is 1. The molecule has 2 aliphatic heterocycles. The lowest BCUT2D eigenvalue weighted by molar-refractivity contribution is -0.128. The molecule has 0 bridgehead atoms. The summed E-state index contributed by atoms with van der Waals surface area (Å²) in [6, 6.07) is 0.195. The summed E-state index contributed by atoms with van der Waals surface area (Å²) in [7, 11) is 0. The van der Waals surface area contributed by atoms with Crippen LogP contribution >= 0.6 is 24.0 Å². The van der Waals surface area contributed by atoms with Gasteiger partial charge in [-0.25, -0.2) is 9.79 Å². The van der Waals surface area contributed by atoms with Gasteiger partial charge in [-0.2, -0.15) is 0 Å². The summed E-state index contributed by atoms with van der Waals surface area (Å²) in [4.78, 5) is 36.0. The summed E-state index contributed by atoms with van der Waals surface area (Å²) in [5, 5.41) is 3.34. The Bertz CT molecular complexity index is 649. The van der Waals surface area contributed by atoms with Crippen LogP contribution in [0.4, 0.5) is 4.79 Å². The van der Waals surface area contributed by atoms with Crippen LogP contribution in [-0.2, 0) is 9.53 Å². The Morgan fingerprint density at radius 1 is 1.03 bits per heavy atom. The van der Waals surface area contributed by atoms with Gasteiger partial charge in [-0.1, -0.05) is 0 Å². The third-order valence-corrected chi connectivity index (χ3v) is 6.14. The minimum Gasteiger partial charge on any atom is -0.444 e. The number of aliphatic imine (C=N–C) groups is 1. The highest BCUT2D eigenvalue weighted by atomic mass is 127. The van der Waals surface area contributed by atoms with Gasteiger partial charge in [0.1, 0.15) is 12.1 Å². The number of nitrogens with one attached hydrogen (secondary N) is 1. The molecule has 2 amide bonds. The van der Waals surface area contributed by atoms with E-state index in [1.54, 1.807) is 0 Å². The Morgan fingerprint density at radius 3 is 2.19 bits per heavy atom. The largest absolute Gasteiger partial charge is 0.444 e. The van der Waals surface area contributed by atoms with Crippen molar-refractivity contribution < 1.29 is 14.3 Å². The molecular weight excluding hydrogens is 521 g/mol. The Kier molecular flexibility index (Phi) is 10.4. The van der Waals surface area contributed by atoms with Gasteiger partial charge in [0.2, 0.25) is 5.91 Å². The lowest BCUT2D eigenvalue weighted by Gasteiger charge is -2.40. The molecule has 0 aromatic rings. The number of carbonyl (C=O) groups excluding carboxylic acids is 2. The van der Waals surface area contributed by atoms with Crippen LogP contribution in [-0.4, -0.2) is 90.1 Å². The molecule has 2 saturated heterocycles. The van der Waals surface area contributed by atoms with E-state index in [9.17, 15) is 9.59 Å². The van der Waals surface area contributed by atoms with E-state index in [4.69, 9.17) is 4.74 Å². The van der Waals surface area contributed by atoms with Gasteiger partial charge in [-0.3, -0.25) is 4.79 Å². The molecule has 184 valence electrons. The second-order valence-corrected chi connectivity index (χ2v) is 10.1. The van der Waals surface area contributed by atoms with Gasteiger partial charge in [0, 0.05) is 45.3 Å². The smallest absolute Gasteiger partial charge is 0.410 e. The molecule has 0 atom stereocenters. The lowest BCUT2D eigenvalue weighted by atomic mass is 10.0. The molecule has 0 unspecified atom stereocenters. The summed E-state index contributed by atoms with van der Waals surface area (Å²) < 4.78 is 5.70. The molecule has 9 heteroatoms. The molecule has 8 nitrogen and oxygen atoms in total. The van der Waals surface area contributed by atoms with Crippen molar-refractivity contribution in [3.05, 3.63) is 0 Å². The molecule has 1 saturated carbocycles. The zero-order chi connectivity index (χ0) is 22.4. The number of halogens is 1. The van der Waals surface area contributed by atoms with Gasteiger partial charge < -0.3 is 24.8 Å². The number of hydrogen-bond donors (Lipinski definition) is 1. The van der Waals surface area contributed by atoms with Crippen molar-refractivity contribution in [1.29, 1.82) is 0 Å². The highest BCUT2D eigenvalue weighted by Crippen LogP contribution is 2.32. The maximum Gasteiger partial charge on any atom is 0.410 e. The fourth-order valence-corrected chi connectivity index (χ4v) is 4.30. The second kappa shape index (κ2) is 12.3. The Hall–Kier alpha value is -1.26. The molecule has 0 aromatic carbocycles. The first kappa shape index (κ1) is 27.0. The Balaban J connectivity index is 0.00000363. The lowest BCUT2D eigenvalue weighted by Crippen LogP contribution is -2.52. The van der Waals surface area contributed by atoms with Crippen molar-refractivity contribution in [1.82, 2.24) is 20.0 Å². The van der Waals surface area contributed by atoms with Gasteiger partial charge in [0.25, 0.3) is 0 Å². The van der Waals surface area contributed by atoms with Crippen molar-refractivity contribution in [2.24, 2.45) is 10.9 Å². The first-order valence-corrected chi connectivity index (χ1v) is 12.1. The van der Waals surface area contributed by atoms with Gasteiger partial charge in [0.05, 0.1) is 0 Å². The first-order chi connectivity index (χ1) is 14.8. The van der Waals surface area contributed by atoms with Crippen molar-refractivity contribution in [2.45, 2.75) is 77.9 Å². The van der Waals surface area contributed by atoms with E-state index in [-0.39, 0.29) is 48.6 Å². The van der Waals surface area contributed by atoms with Crippen molar-refractivity contribution >= 4 is 41.9 Å². The minimum absolute atomic E-state index is 0. The van der Waals surface area contributed by atoms with Crippen LogP contribution in [0.1, 0.15) is 66.2 Å². The highest BCUT2D eigenvalue weighted by Gasteiger charge is 2.35. The number of guanidine groups is 1. The summed E-state index contributed by atoms with van der Waals surface area (Å²) in [5.74, 6) is 1.55. The normalized spacial score (nSPS) is 20.1. The number of rotatable bonds is 6. The molecule has 3 rings (SSSR count). The number of hydrogen-bond acceptors (Lipinski definition) is 4. The van der Waals surface area contributed by atoms with Gasteiger partial charge in [-0.05, 0) is 72.1 Å². The van der Waals surface area contributed by atoms with E-state index >= 15 is 0 Å². The van der Waals surface area contributed by atoms with Crippen molar-refractivity contribution in [3.63, 3.8) is 0 Å². The van der Waals surface area contributed by atoms with E-state index in [0.29, 0.717) is 5.92 Å². The van der Waals surface area contributed by atoms with Crippen LogP contribution in [0.3, 0.4) is 0 Å². The number of nitrogens with zero attached hydrogens (tertiary/aromatic N) is 4. The SMILES string of the molecule is CCNC(=NCC(=O)N1CCCC1)N1CCC(N(CC2CC2)C(=O)OC(C)(C)C)CC1.I. The Labute approximate surface area is 210 Å². The summed E-state index contributed by atoms with van der Waals surface area (Å²) in [5.41, 5.74) is -0.480.